The summed E-state index contributed by atoms with van der Waals surface area (Å²) >= 11 is 6.08. The van der Waals surface area contributed by atoms with Crippen molar-refractivity contribution in [3.63, 3.8) is 0 Å². The van der Waals surface area contributed by atoms with Gasteiger partial charge in [-0.2, -0.15) is 0 Å². The van der Waals surface area contributed by atoms with Gasteiger partial charge in [0.25, 0.3) is 0 Å². The van der Waals surface area contributed by atoms with Crippen LogP contribution in [0, 0.1) is 17.7 Å². The Morgan fingerprint density at radius 2 is 1.89 bits per heavy atom. The van der Waals surface area contributed by atoms with Crippen LogP contribution in [0.25, 0.3) is 0 Å². The highest BCUT2D eigenvalue weighted by molar-refractivity contribution is 6.31. The average Bonchev–Trinajstić information content (AvgIpc) is 2.26. The van der Waals surface area contributed by atoms with Gasteiger partial charge in [0.1, 0.15) is 5.82 Å². The molecule has 0 bridgehead atoms. The van der Waals surface area contributed by atoms with Crippen LogP contribution in [-0.4, -0.2) is 12.6 Å². The zero-order valence-electron chi connectivity index (χ0n) is 11.6. The molecule has 0 heterocycles. The fourth-order valence-corrected chi connectivity index (χ4v) is 2.16. The molecule has 1 rings (SSSR count). The Hall–Kier alpha value is -0.600. The molecule has 1 nitrogen and oxygen atoms in total. The Labute approximate surface area is 115 Å². The number of hydrogen-bond acceptors (Lipinski definition) is 1. The third kappa shape index (κ3) is 4.58. The first-order valence-corrected chi connectivity index (χ1v) is 6.95. The van der Waals surface area contributed by atoms with E-state index in [0.717, 1.165) is 6.54 Å². The summed E-state index contributed by atoms with van der Waals surface area (Å²) in [6, 6.07) is 5.34. The second-order valence-corrected chi connectivity index (χ2v) is 5.88. The second kappa shape index (κ2) is 7.10. The molecule has 0 spiro atoms. The fraction of sp³-hybridized carbons (Fsp3) is 0.600. The van der Waals surface area contributed by atoms with Crippen molar-refractivity contribution in [2.75, 3.05) is 6.54 Å². The predicted octanol–water partition coefficient (Wildman–Crippen LogP) is 4.29. The maximum absolute atomic E-state index is 13.8. The van der Waals surface area contributed by atoms with Crippen LogP contribution in [0.2, 0.25) is 5.02 Å². The lowest BCUT2D eigenvalue weighted by atomic mass is 9.88. The van der Waals surface area contributed by atoms with Crippen molar-refractivity contribution in [2.45, 2.75) is 40.2 Å². The maximum atomic E-state index is 13.8. The first-order valence-electron chi connectivity index (χ1n) is 6.58. The molecule has 0 saturated heterocycles. The van der Waals surface area contributed by atoms with Gasteiger partial charge in [-0.25, -0.2) is 4.39 Å². The number of benzene rings is 1. The smallest absolute Gasteiger partial charge is 0.127 e. The van der Waals surface area contributed by atoms with Crippen LogP contribution in [0.3, 0.4) is 0 Å². The fourth-order valence-electron chi connectivity index (χ4n) is 1.92. The lowest BCUT2D eigenvalue weighted by Crippen LogP contribution is -2.32. The van der Waals surface area contributed by atoms with Gasteiger partial charge < -0.3 is 5.32 Å². The lowest BCUT2D eigenvalue weighted by molar-refractivity contribution is 0.345. The second-order valence-electron chi connectivity index (χ2n) is 5.47. The van der Waals surface area contributed by atoms with Crippen LogP contribution < -0.4 is 5.32 Å². The molecule has 18 heavy (non-hydrogen) atoms. The normalized spacial score (nSPS) is 13.3. The zero-order valence-corrected chi connectivity index (χ0v) is 12.4. The van der Waals surface area contributed by atoms with Crippen molar-refractivity contribution >= 4 is 11.6 Å². The third-order valence-electron chi connectivity index (χ3n) is 3.26. The molecule has 0 amide bonds. The van der Waals surface area contributed by atoms with Crippen LogP contribution in [-0.2, 0) is 6.42 Å². The summed E-state index contributed by atoms with van der Waals surface area (Å²) in [4.78, 5) is 0. The average molecular weight is 272 g/mol. The maximum Gasteiger partial charge on any atom is 0.127 e. The van der Waals surface area contributed by atoms with Crippen molar-refractivity contribution in [1.82, 2.24) is 5.32 Å². The Bertz CT molecular complexity index is 357. The molecule has 0 radical (unpaired) electrons. The number of halogens is 2. The van der Waals surface area contributed by atoms with E-state index in [9.17, 15) is 4.39 Å². The molecule has 1 N–H and O–H groups in total. The van der Waals surface area contributed by atoms with Crippen molar-refractivity contribution in [2.24, 2.45) is 11.8 Å². The lowest BCUT2D eigenvalue weighted by Gasteiger charge is -2.23. The van der Waals surface area contributed by atoms with Crippen LogP contribution in [0.1, 0.15) is 33.3 Å². The standard InChI is InChI=1S/C15H23ClFN/c1-10(2)12(9-18-11(3)4)8-13-14(16)6-5-7-15(13)17/h5-7,10-12,18H,8-9H2,1-4H3. The van der Waals surface area contributed by atoms with Gasteiger partial charge in [-0.3, -0.25) is 0 Å². The van der Waals surface area contributed by atoms with Gasteiger partial charge in [0.2, 0.25) is 0 Å². The number of rotatable bonds is 6. The molecule has 0 aliphatic carbocycles. The summed E-state index contributed by atoms with van der Waals surface area (Å²) in [7, 11) is 0. The van der Waals surface area contributed by atoms with Crippen LogP contribution in [0.4, 0.5) is 4.39 Å². The molecule has 3 heteroatoms. The van der Waals surface area contributed by atoms with Crippen LogP contribution >= 0.6 is 11.6 Å². The zero-order chi connectivity index (χ0) is 13.7. The van der Waals surface area contributed by atoms with Gasteiger partial charge in [0, 0.05) is 16.6 Å². The Morgan fingerprint density at radius 3 is 2.39 bits per heavy atom. The van der Waals surface area contributed by atoms with E-state index in [2.05, 4.69) is 33.0 Å². The van der Waals surface area contributed by atoms with Gasteiger partial charge in [0.15, 0.2) is 0 Å². The predicted molar refractivity (Wildman–Crippen MR) is 76.6 cm³/mol. The van der Waals surface area contributed by atoms with E-state index in [1.165, 1.54) is 6.07 Å². The van der Waals surface area contributed by atoms with Gasteiger partial charge in [0.05, 0.1) is 0 Å². The van der Waals surface area contributed by atoms with E-state index in [-0.39, 0.29) is 5.82 Å². The first-order chi connectivity index (χ1) is 8.41. The monoisotopic (exact) mass is 271 g/mol. The summed E-state index contributed by atoms with van der Waals surface area (Å²) in [5, 5.41) is 3.95. The highest BCUT2D eigenvalue weighted by atomic mass is 35.5. The van der Waals surface area contributed by atoms with E-state index in [1.54, 1.807) is 12.1 Å². The molecule has 1 aromatic rings. The van der Waals surface area contributed by atoms with Crippen molar-refractivity contribution < 1.29 is 4.39 Å². The molecule has 0 fully saturated rings. The van der Waals surface area contributed by atoms with Crippen LogP contribution in [0.15, 0.2) is 18.2 Å². The van der Waals surface area contributed by atoms with E-state index in [4.69, 9.17) is 11.6 Å². The number of hydrogen-bond donors (Lipinski definition) is 1. The largest absolute Gasteiger partial charge is 0.314 e. The molecule has 1 aromatic carbocycles. The highest BCUT2D eigenvalue weighted by Gasteiger charge is 2.18. The summed E-state index contributed by atoms with van der Waals surface area (Å²) in [6.07, 6.45) is 0.683. The first kappa shape index (κ1) is 15.5. The van der Waals surface area contributed by atoms with Gasteiger partial charge in [-0.15, -0.1) is 0 Å². The molecule has 1 unspecified atom stereocenters. The third-order valence-corrected chi connectivity index (χ3v) is 3.61. The summed E-state index contributed by atoms with van der Waals surface area (Å²) in [5.41, 5.74) is 0.642. The minimum atomic E-state index is -0.197. The summed E-state index contributed by atoms with van der Waals surface area (Å²) < 4.78 is 13.8. The van der Waals surface area contributed by atoms with Crippen molar-refractivity contribution in [1.29, 1.82) is 0 Å². The molecule has 0 aromatic heterocycles. The minimum absolute atomic E-state index is 0.197. The molecular formula is C15H23ClFN. The summed E-state index contributed by atoms with van der Waals surface area (Å²) in [5.74, 6) is 0.686. The number of nitrogens with one attached hydrogen (secondary N) is 1. The Kier molecular flexibility index (Phi) is 6.10. The van der Waals surface area contributed by atoms with Gasteiger partial charge in [-0.05, 0) is 36.9 Å². The molecule has 1 atom stereocenters. The highest BCUT2D eigenvalue weighted by Crippen LogP contribution is 2.25. The van der Waals surface area contributed by atoms with E-state index in [0.29, 0.717) is 34.9 Å². The van der Waals surface area contributed by atoms with E-state index < -0.39 is 0 Å². The topological polar surface area (TPSA) is 12.0 Å². The van der Waals surface area contributed by atoms with Crippen molar-refractivity contribution in [3.05, 3.63) is 34.6 Å². The molecule has 0 aliphatic rings. The van der Waals surface area contributed by atoms with Gasteiger partial charge in [-0.1, -0.05) is 45.4 Å². The van der Waals surface area contributed by atoms with E-state index >= 15 is 0 Å². The summed E-state index contributed by atoms with van der Waals surface area (Å²) in [6.45, 7) is 9.46. The Balaban J connectivity index is 2.77. The minimum Gasteiger partial charge on any atom is -0.314 e. The molecular weight excluding hydrogens is 249 g/mol. The molecule has 102 valence electrons. The van der Waals surface area contributed by atoms with Gasteiger partial charge >= 0.3 is 0 Å². The molecule has 0 saturated carbocycles. The SMILES string of the molecule is CC(C)NCC(Cc1c(F)cccc1Cl)C(C)C. The van der Waals surface area contributed by atoms with Crippen LogP contribution in [0.5, 0.6) is 0 Å². The quantitative estimate of drug-likeness (QED) is 0.814. The van der Waals surface area contributed by atoms with Crippen molar-refractivity contribution in [3.8, 4) is 0 Å². The molecule has 0 aliphatic heterocycles. The van der Waals surface area contributed by atoms with E-state index in [1.807, 2.05) is 0 Å². The Morgan fingerprint density at radius 1 is 1.22 bits per heavy atom.